The molecular weight excluding hydrogens is 418 g/mol. The summed E-state index contributed by atoms with van der Waals surface area (Å²) in [7, 11) is 0. The van der Waals surface area contributed by atoms with Gasteiger partial charge in [-0.05, 0) is 123 Å². The van der Waals surface area contributed by atoms with Crippen molar-refractivity contribution in [3.63, 3.8) is 0 Å². The molecule has 34 heavy (non-hydrogen) atoms. The van der Waals surface area contributed by atoms with E-state index in [0.29, 0.717) is 23.3 Å². The van der Waals surface area contributed by atoms with Gasteiger partial charge in [-0.15, -0.1) is 0 Å². The van der Waals surface area contributed by atoms with Crippen LogP contribution in [0.2, 0.25) is 0 Å². The van der Waals surface area contributed by atoms with Crippen LogP contribution in [0.5, 0.6) is 0 Å². The zero-order valence-corrected chi connectivity index (χ0v) is 23.1. The normalized spacial score (nSPS) is 42.6. The summed E-state index contributed by atoms with van der Waals surface area (Å²) in [5, 5.41) is 12.6. The predicted molar refractivity (Wildman–Crippen MR) is 142 cm³/mol. The van der Waals surface area contributed by atoms with Crippen LogP contribution in [0.15, 0.2) is 0 Å². The van der Waals surface area contributed by atoms with Crippen molar-refractivity contribution >= 4 is 5.97 Å². The van der Waals surface area contributed by atoms with Crippen LogP contribution < -0.4 is 5.32 Å². The van der Waals surface area contributed by atoms with E-state index in [0.717, 1.165) is 54.4 Å². The zero-order valence-electron chi connectivity index (χ0n) is 23.1. The monoisotopic (exact) mass is 473 g/mol. The Bertz CT molecular complexity index is 691. The Balaban J connectivity index is 1.35. The number of nitrogens with one attached hydrogen (secondary N) is 1. The second kappa shape index (κ2) is 10.8. The molecule has 0 amide bonds. The van der Waals surface area contributed by atoms with Crippen LogP contribution in [0.25, 0.3) is 0 Å². The van der Waals surface area contributed by atoms with Crippen LogP contribution in [-0.2, 0) is 4.79 Å². The number of hydrogen-bond donors (Lipinski definition) is 2. The molecule has 9 atom stereocenters. The standard InChI is InChI=1S/C31H55NO2/c1-21(2)8-6-9-22(3)26-13-14-27-25-12-11-23-20-24(32-19-7-10-29(33)34)15-17-30(23,4)28(25)16-18-31(26,27)5/h21-28,32H,6-20H2,1-5H3,(H,33,34)/t22-,23+,24+,25+,26-,27+,28+,30+,31-/m1/s1. The molecule has 4 saturated carbocycles. The Labute approximate surface area is 210 Å². The van der Waals surface area contributed by atoms with Gasteiger partial charge >= 0.3 is 5.97 Å². The molecule has 0 aromatic heterocycles. The van der Waals surface area contributed by atoms with Gasteiger partial charge in [0.25, 0.3) is 0 Å². The minimum absolute atomic E-state index is 0.294. The fourth-order valence-corrected chi connectivity index (χ4v) is 10.0. The summed E-state index contributed by atoms with van der Waals surface area (Å²) in [6.07, 6.45) is 18.2. The number of carboxylic acid groups (broad SMARTS) is 1. The minimum atomic E-state index is -0.667. The fraction of sp³-hybridized carbons (Fsp3) is 0.968. The summed E-state index contributed by atoms with van der Waals surface area (Å²) in [4.78, 5) is 10.8. The average Bonchev–Trinajstić information content (AvgIpc) is 3.13. The molecule has 0 aromatic carbocycles. The topological polar surface area (TPSA) is 49.3 Å². The van der Waals surface area contributed by atoms with Crippen molar-refractivity contribution in [1.82, 2.24) is 5.32 Å². The molecule has 4 rings (SSSR count). The first-order valence-corrected chi connectivity index (χ1v) is 15.1. The van der Waals surface area contributed by atoms with Gasteiger partial charge in [0, 0.05) is 12.5 Å². The predicted octanol–water partition coefficient (Wildman–Crippen LogP) is 7.93. The Morgan fingerprint density at radius 2 is 1.65 bits per heavy atom. The van der Waals surface area contributed by atoms with Crippen LogP contribution in [0.1, 0.15) is 125 Å². The highest BCUT2D eigenvalue weighted by molar-refractivity contribution is 5.66. The van der Waals surface area contributed by atoms with Gasteiger partial charge in [0.1, 0.15) is 0 Å². The Hall–Kier alpha value is -0.570. The molecule has 0 saturated heterocycles. The molecule has 0 heterocycles. The van der Waals surface area contributed by atoms with E-state index >= 15 is 0 Å². The lowest BCUT2D eigenvalue weighted by Crippen LogP contribution is -2.55. The highest BCUT2D eigenvalue weighted by Crippen LogP contribution is 2.68. The van der Waals surface area contributed by atoms with Gasteiger partial charge in [0.15, 0.2) is 0 Å². The van der Waals surface area contributed by atoms with Crippen molar-refractivity contribution in [1.29, 1.82) is 0 Å². The third-order valence-corrected chi connectivity index (χ3v) is 11.9. The summed E-state index contributed by atoms with van der Waals surface area (Å²) in [6, 6.07) is 0.611. The maximum atomic E-state index is 10.8. The second-order valence-corrected chi connectivity index (χ2v) is 14.1. The van der Waals surface area contributed by atoms with E-state index in [1.54, 1.807) is 0 Å². The van der Waals surface area contributed by atoms with Gasteiger partial charge in [0.2, 0.25) is 0 Å². The summed E-state index contributed by atoms with van der Waals surface area (Å²) in [5.41, 5.74) is 1.15. The van der Waals surface area contributed by atoms with Gasteiger partial charge in [0.05, 0.1) is 0 Å². The van der Waals surface area contributed by atoms with Crippen LogP contribution in [0, 0.1) is 52.3 Å². The van der Waals surface area contributed by atoms with Gasteiger partial charge in [-0.25, -0.2) is 0 Å². The summed E-state index contributed by atoms with van der Waals surface area (Å²) in [6.45, 7) is 13.6. The quantitative estimate of drug-likeness (QED) is 0.317. The van der Waals surface area contributed by atoms with E-state index in [1.165, 1.54) is 77.0 Å². The molecular formula is C31H55NO2. The zero-order chi connectivity index (χ0) is 24.5. The molecule has 4 fully saturated rings. The second-order valence-electron chi connectivity index (χ2n) is 14.1. The molecule has 0 unspecified atom stereocenters. The maximum absolute atomic E-state index is 10.8. The molecule has 0 radical (unpaired) electrons. The Morgan fingerprint density at radius 3 is 2.38 bits per heavy atom. The van der Waals surface area contributed by atoms with Crippen molar-refractivity contribution in [2.45, 2.75) is 131 Å². The summed E-state index contributed by atoms with van der Waals surface area (Å²) < 4.78 is 0. The third-order valence-electron chi connectivity index (χ3n) is 11.9. The number of hydrogen-bond acceptors (Lipinski definition) is 2. The van der Waals surface area contributed by atoms with Crippen LogP contribution in [-0.4, -0.2) is 23.7 Å². The lowest BCUT2D eigenvalue weighted by Gasteiger charge is -2.61. The summed E-state index contributed by atoms with van der Waals surface area (Å²) in [5.74, 6) is 5.83. The molecule has 2 N–H and O–H groups in total. The molecule has 0 aliphatic heterocycles. The van der Waals surface area contributed by atoms with E-state index in [-0.39, 0.29) is 0 Å². The van der Waals surface area contributed by atoms with E-state index in [2.05, 4.69) is 39.9 Å². The fourth-order valence-electron chi connectivity index (χ4n) is 10.0. The average molecular weight is 474 g/mol. The van der Waals surface area contributed by atoms with Gasteiger partial charge < -0.3 is 10.4 Å². The van der Waals surface area contributed by atoms with E-state index in [9.17, 15) is 4.79 Å². The Kier molecular flexibility index (Phi) is 8.43. The number of aliphatic carboxylic acids is 1. The minimum Gasteiger partial charge on any atom is -0.481 e. The van der Waals surface area contributed by atoms with Crippen LogP contribution in [0.3, 0.4) is 0 Å². The molecule has 0 bridgehead atoms. The van der Waals surface area contributed by atoms with Crippen LogP contribution >= 0.6 is 0 Å². The first kappa shape index (κ1) is 26.5. The highest BCUT2D eigenvalue weighted by atomic mass is 16.4. The number of fused-ring (bicyclic) bond motifs is 5. The number of carbonyl (C=O) groups is 1. The SMILES string of the molecule is CC(C)CCC[C@@H](C)[C@H]1CC[C@H]2[C@@H]3CC[C@H]4C[C@@H](NCCCC(=O)O)CC[C@]4(C)[C@H]3CC[C@]12C. The van der Waals surface area contributed by atoms with Crippen molar-refractivity contribution in [3.8, 4) is 0 Å². The first-order chi connectivity index (χ1) is 16.1. The van der Waals surface area contributed by atoms with Crippen molar-refractivity contribution in [3.05, 3.63) is 0 Å². The number of rotatable bonds is 10. The van der Waals surface area contributed by atoms with Gasteiger partial charge in [-0.3, -0.25) is 4.79 Å². The van der Waals surface area contributed by atoms with E-state index in [4.69, 9.17) is 5.11 Å². The smallest absolute Gasteiger partial charge is 0.303 e. The van der Waals surface area contributed by atoms with Crippen molar-refractivity contribution in [2.24, 2.45) is 52.3 Å². The molecule has 3 heteroatoms. The number of carboxylic acids is 1. The third kappa shape index (κ3) is 5.25. The van der Waals surface area contributed by atoms with Crippen molar-refractivity contribution in [2.75, 3.05) is 6.54 Å². The molecule has 0 aromatic rings. The van der Waals surface area contributed by atoms with Crippen molar-refractivity contribution < 1.29 is 9.90 Å². The van der Waals surface area contributed by atoms with Gasteiger partial charge in [-0.1, -0.05) is 53.9 Å². The molecule has 4 aliphatic rings. The molecule has 4 aliphatic carbocycles. The summed E-state index contributed by atoms with van der Waals surface area (Å²) >= 11 is 0. The largest absolute Gasteiger partial charge is 0.481 e. The Morgan fingerprint density at radius 1 is 0.912 bits per heavy atom. The lowest BCUT2D eigenvalue weighted by atomic mass is 9.44. The van der Waals surface area contributed by atoms with Crippen LogP contribution in [0.4, 0.5) is 0 Å². The van der Waals surface area contributed by atoms with E-state index in [1.807, 2.05) is 0 Å². The van der Waals surface area contributed by atoms with E-state index < -0.39 is 5.97 Å². The first-order valence-electron chi connectivity index (χ1n) is 15.1. The lowest BCUT2D eigenvalue weighted by molar-refractivity contribution is -0.137. The molecule has 0 spiro atoms. The highest BCUT2D eigenvalue weighted by Gasteiger charge is 2.60. The molecule has 3 nitrogen and oxygen atoms in total. The maximum Gasteiger partial charge on any atom is 0.303 e. The molecule has 196 valence electrons. The van der Waals surface area contributed by atoms with Gasteiger partial charge in [-0.2, -0.15) is 0 Å².